The van der Waals surface area contributed by atoms with Crippen LogP contribution in [0.1, 0.15) is 34.8 Å². The van der Waals surface area contributed by atoms with E-state index in [2.05, 4.69) is 4.98 Å². The maximum absolute atomic E-state index is 12.4. The molecule has 0 aliphatic rings. The summed E-state index contributed by atoms with van der Waals surface area (Å²) >= 11 is 0. The normalized spacial score (nSPS) is 11.0. The Kier molecular flexibility index (Phi) is 11.1. The van der Waals surface area contributed by atoms with Crippen LogP contribution in [0.2, 0.25) is 0 Å². The second kappa shape index (κ2) is 11.9. The minimum Gasteiger partial charge on any atom is -0.550 e. The van der Waals surface area contributed by atoms with Gasteiger partial charge in [-0.2, -0.15) is 0 Å². The summed E-state index contributed by atoms with van der Waals surface area (Å²) in [6.45, 7) is 0. The van der Waals surface area contributed by atoms with E-state index in [1.807, 2.05) is 18.2 Å². The van der Waals surface area contributed by atoms with Crippen LogP contribution < -0.4 is 53.7 Å². The Bertz CT molecular complexity index is 777. The molecule has 0 aliphatic heterocycles. The van der Waals surface area contributed by atoms with E-state index in [0.29, 0.717) is 11.1 Å². The van der Waals surface area contributed by atoms with Crippen LogP contribution in [0.25, 0.3) is 0 Å². The fourth-order valence-electron chi connectivity index (χ4n) is 2.67. The van der Waals surface area contributed by atoms with Crippen LogP contribution in [0.3, 0.4) is 0 Å². The Labute approximate surface area is 181 Å². The number of H-pyrrole nitrogens is 1. The molecule has 1 atom stereocenters. The van der Waals surface area contributed by atoms with Crippen LogP contribution in [0.4, 0.5) is 0 Å². The molecule has 7 nitrogen and oxygen atoms in total. The minimum absolute atomic E-state index is 0. The van der Waals surface area contributed by atoms with Crippen LogP contribution in [0.5, 0.6) is 0 Å². The number of aryl methyl sites for hydroxylation is 1. The van der Waals surface area contributed by atoms with Gasteiger partial charge >= 0.3 is 37.7 Å². The molecule has 0 amide bonds. The Balaban J connectivity index is 0.00000338. The molecule has 0 radical (unpaired) electrons. The minimum atomic E-state index is -1.33. The number of carboxylic acid groups (broad SMARTS) is 2. The predicted octanol–water partition coefficient (Wildman–Crippen LogP) is -7.19. The van der Waals surface area contributed by atoms with E-state index >= 15 is 0 Å². The number of Topliss-reactive ketones (excluding diaryl/α,β-unsaturated/α-hetero) is 1. The summed E-state index contributed by atoms with van der Waals surface area (Å²) in [5.41, 5.74) is 7.86. The van der Waals surface area contributed by atoms with Crippen molar-refractivity contribution < 1.29 is 62.3 Å². The maximum Gasteiger partial charge on any atom is 1.00 e. The molecule has 9 heteroatoms. The maximum atomic E-state index is 12.4. The van der Waals surface area contributed by atoms with Gasteiger partial charge < -0.3 is 30.5 Å². The molecule has 0 saturated carbocycles. The average molecular weight is 356 g/mol. The van der Waals surface area contributed by atoms with Gasteiger partial charge in [0.25, 0.3) is 0 Å². The molecular weight excluding hydrogens is 338 g/mol. The molecule has 0 fully saturated rings. The molecule has 2 aromatic rings. The number of rotatable bonds is 9. The van der Waals surface area contributed by atoms with Gasteiger partial charge in [-0.1, -0.05) is 30.3 Å². The number of nitrogens with two attached hydrogens (primary N) is 1. The third-order valence-corrected chi connectivity index (χ3v) is 3.91. The zero-order chi connectivity index (χ0) is 18.4. The van der Waals surface area contributed by atoms with E-state index in [4.69, 9.17) is 5.73 Å². The van der Waals surface area contributed by atoms with Crippen LogP contribution in [0.15, 0.2) is 36.5 Å². The quantitative estimate of drug-likeness (QED) is 0.428. The van der Waals surface area contributed by atoms with E-state index < -0.39 is 24.4 Å². The summed E-state index contributed by atoms with van der Waals surface area (Å²) in [5, 5.41) is 21.6. The fourth-order valence-corrected chi connectivity index (χ4v) is 2.67. The summed E-state index contributed by atoms with van der Waals surface area (Å²) < 4.78 is 0. The second-order valence-electron chi connectivity index (χ2n) is 5.73. The van der Waals surface area contributed by atoms with Crippen LogP contribution in [-0.4, -0.2) is 22.7 Å². The first kappa shape index (κ1) is 25.3. The van der Waals surface area contributed by atoms with Crippen molar-refractivity contribution in [3.05, 3.63) is 58.9 Å². The molecule has 1 unspecified atom stereocenters. The number of aromatic amines is 1. The van der Waals surface area contributed by atoms with Gasteiger partial charge in [-0.05, 0) is 29.5 Å². The van der Waals surface area contributed by atoms with Gasteiger partial charge in [0.05, 0.1) is 0 Å². The van der Waals surface area contributed by atoms with Gasteiger partial charge in [-0.3, -0.25) is 4.79 Å². The average Bonchev–Trinajstić information content (AvgIpc) is 2.95. The molecule has 1 heterocycles. The zero-order valence-electron chi connectivity index (χ0n) is 15.5. The number of carbonyl (C=O) groups is 3. The largest absolute Gasteiger partial charge is 1.00 e. The van der Waals surface area contributed by atoms with Crippen molar-refractivity contribution in [1.82, 2.24) is 4.98 Å². The van der Waals surface area contributed by atoms with Crippen LogP contribution in [-0.2, 0) is 33.6 Å². The number of aliphatic carboxylic acids is 2. The number of nitrogens with one attached hydrogen (secondary N) is 1. The van der Waals surface area contributed by atoms with E-state index in [1.54, 1.807) is 12.1 Å². The van der Waals surface area contributed by atoms with Crippen molar-refractivity contribution in [2.75, 3.05) is 0 Å². The first-order chi connectivity index (χ1) is 11.9. The van der Waals surface area contributed by atoms with Gasteiger partial charge in [0.2, 0.25) is 0 Å². The van der Waals surface area contributed by atoms with Crippen molar-refractivity contribution >= 4 is 17.7 Å². The van der Waals surface area contributed by atoms with E-state index in [0.717, 1.165) is 5.56 Å². The van der Waals surface area contributed by atoms with E-state index in [-0.39, 0.29) is 68.5 Å². The number of aromatic nitrogens is 1. The first-order valence-electron chi connectivity index (χ1n) is 7.79. The standard InChI is InChI=1S/C18H20N2O5.2Li/c19-17(14(21)8-11-4-2-1-3-5-11)18-13(9-16(24)25)12(10-20-18)6-7-15(22)23;;/h1-5,10,17,20H,6-9,19H2,(H,22,23)(H,24,25);;/q;2*+1/p-2. The second-order valence-corrected chi connectivity index (χ2v) is 5.73. The first-order valence-corrected chi connectivity index (χ1v) is 7.79. The number of hydrogen-bond acceptors (Lipinski definition) is 6. The summed E-state index contributed by atoms with van der Waals surface area (Å²) in [4.78, 5) is 36.9. The van der Waals surface area contributed by atoms with Crippen molar-refractivity contribution in [2.45, 2.75) is 31.7 Å². The molecule has 0 aliphatic carbocycles. The number of carboxylic acids is 2. The van der Waals surface area contributed by atoms with Crippen molar-refractivity contribution in [2.24, 2.45) is 5.73 Å². The predicted molar refractivity (Wildman–Crippen MR) is 84.9 cm³/mol. The zero-order valence-corrected chi connectivity index (χ0v) is 15.5. The topological polar surface area (TPSA) is 139 Å². The number of ketones is 1. The number of hydrogen-bond donors (Lipinski definition) is 2. The summed E-state index contributed by atoms with van der Waals surface area (Å²) in [6.07, 6.45) is 0.964. The third-order valence-electron chi connectivity index (χ3n) is 3.91. The smallest absolute Gasteiger partial charge is 0.550 e. The molecular formula is C18H18Li2N2O5. The molecule has 27 heavy (non-hydrogen) atoms. The number of carbonyl (C=O) groups excluding carboxylic acids is 3. The monoisotopic (exact) mass is 356 g/mol. The Morgan fingerprint density at radius 1 is 1.00 bits per heavy atom. The van der Waals surface area contributed by atoms with Crippen molar-refractivity contribution in [1.29, 1.82) is 0 Å². The summed E-state index contributed by atoms with van der Waals surface area (Å²) in [6, 6.07) is 8.01. The fraction of sp³-hybridized carbons (Fsp3) is 0.278. The van der Waals surface area contributed by atoms with Gasteiger partial charge in [-0.15, -0.1) is 0 Å². The summed E-state index contributed by atoms with van der Waals surface area (Å²) in [7, 11) is 0. The van der Waals surface area contributed by atoms with Gasteiger partial charge in [0, 0.05) is 36.7 Å². The van der Waals surface area contributed by atoms with Crippen LogP contribution >= 0.6 is 0 Å². The molecule has 3 N–H and O–H groups in total. The Morgan fingerprint density at radius 2 is 1.63 bits per heavy atom. The number of benzene rings is 1. The molecule has 2 rings (SSSR count). The van der Waals surface area contributed by atoms with Gasteiger partial charge in [0.15, 0.2) is 5.78 Å². The van der Waals surface area contributed by atoms with E-state index in [1.165, 1.54) is 6.20 Å². The molecule has 132 valence electrons. The molecule has 0 bridgehead atoms. The Morgan fingerprint density at radius 3 is 2.19 bits per heavy atom. The molecule has 1 aromatic carbocycles. The van der Waals surface area contributed by atoms with Crippen LogP contribution in [0, 0.1) is 0 Å². The van der Waals surface area contributed by atoms with E-state index in [9.17, 15) is 24.6 Å². The van der Waals surface area contributed by atoms with Crippen molar-refractivity contribution in [3.63, 3.8) is 0 Å². The summed E-state index contributed by atoms with van der Waals surface area (Å²) in [5.74, 6) is -2.86. The molecule has 0 spiro atoms. The molecule has 1 aromatic heterocycles. The van der Waals surface area contributed by atoms with Gasteiger partial charge in [0.1, 0.15) is 6.04 Å². The van der Waals surface area contributed by atoms with Crippen molar-refractivity contribution in [3.8, 4) is 0 Å². The van der Waals surface area contributed by atoms with Gasteiger partial charge in [-0.25, -0.2) is 0 Å². The molecule has 0 saturated heterocycles. The Hall–Kier alpha value is -1.74. The SMILES string of the molecule is NC(C(=O)Cc1ccccc1)c1[nH]cc(CCC(=O)[O-])c1CC(=O)[O-].[Li+].[Li+]. The third kappa shape index (κ3) is 7.42.